The molecule has 1 aliphatic heterocycles. The SMILES string of the molecule is CC(C)=Nc1ccc(Cl)cc1C.CN=C/C=C(\C)c1ccccc1C(=O)N1CCC(C)C1. The van der Waals surface area contributed by atoms with E-state index in [4.69, 9.17) is 11.6 Å². The van der Waals surface area contributed by atoms with Crippen molar-refractivity contribution in [1.29, 1.82) is 0 Å². The smallest absolute Gasteiger partial charge is 0.254 e. The minimum absolute atomic E-state index is 0.145. The fraction of sp³-hybridized carbons (Fsp3) is 0.370. The number of carbonyl (C=O) groups excluding carboxylic acids is 1. The van der Waals surface area contributed by atoms with Crippen molar-refractivity contribution in [2.75, 3.05) is 20.1 Å². The van der Waals surface area contributed by atoms with E-state index in [1.54, 1.807) is 13.3 Å². The molecular formula is C27H34ClN3O. The maximum atomic E-state index is 12.7. The molecule has 3 rings (SSSR count). The predicted octanol–water partition coefficient (Wildman–Crippen LogP) is 7.03. The molecule has 0 spiro atoms. The van der Waals surface area contributed by atoms with Crippen molar-refractivity contribution in [2.45, 2.75) is 41.0 Å². The highest BCUT2D eigenvalue weighted by Crippen LogP contribution is 2.24. The number of rotatable bonds is 4. The van der Waals surface area contributed by atoms with Crippen LogP contribution in [0.1, 0.15) is 55.6 Å². The van der Waals surface area contributed by atoms with Crippen molar-refractivity contribution >= 4 is 40.7 Å². The first-order valence-corrected chi connectivity index (χ1v) is 11.4. The summed E-state index contributed by atoms with van der Waals surface area (Å²) in [5, 5.41) is 0.764. The Morgan fingerprint density at radius 3 is 2.38 bits per heavy atom. The Bertz CT molecular complexity index is 1020. The lowest BCUT2D eigenvalue weighted by atomic mass is 9.99. The molecule has 1 atom stereocenters. The maximum absolute atomic E-state index is 12.7. The Balaban J connectivity index is 0.000000258. The van der Waals surface area contributed by atoms with E-state index in [1.807, 2.05) is 81.1 Å². The Hall–Kier alpha value is -2.72. The molecule has 1 aliphatic rings. The molecule has 0 N–H and O–H groups in total. The van der Waals surface area contributed by atoms with Gasteiger partial charge in [0.2, 0.25) is 0 Å². The number of hydrogen-bond acceptors (Lipinski definition) is 3. The number of likely N-dealkylation sites (tertiary alicyclic amines) is 1. The second kappa shape index (κ2) is 12.4. The van der Waals surface area contributed by atoms with E-state index >= 15 is 0 Å². The first-order valence-electron chi connectivity index (χ1n) is 11.0. The number of aryl methyl sites for hydroxylation is 1. The molecule has 0 aliphatic carbocycles. The molecule has 4 nitrogen and oxygen atoms in total. The topological polar surface area (TPSA) is 45.0 Å². The molecule has 1 unspecified atom stereocenters. The molecule has 1 fully saturated rings. The van der Waals surface area contributed by atoms with Gasteiger partial charge in [0.1, 0.15) is 0 Å². The molecule has 0 aromatic heterocycles. The third-order valence-electron chi connectivity index (χ3n) is 5.27. The second-order valence-electron chi connectivity index (χ2n) is 8.44. The van der Waals surface area contributed by atoms with Crippen molar-refractivity contribution < 1.29 is 4.79 Å². The number of benzene rings is 2. The van der Waals surface area contributed by atoms with Gasteiger partial charge >= 0.3 is 0 Å². The van der Waals surface area contributed by atoms with Crippen LogP contribution in [-0.4, -0.2) is 42.9 Å². The summed E-state index contributed by atoms with van der Waals surface area (Å²) in [4.78, 5) is 22.9. The maximum Gasteiger partial charge on any atom is 0.254 e. The van der Waals surface area contributed by atoms with Crippen LogP contribution in [0.15, 0.2) is 58.5 Å². The van der Waals surface area contributed by atoms with E-state index in [-0.39, 0.29) is 5.91 Å². The monoisotopic (exact) mass is 451 g/mol. The number of amides is 1. The lowest BCUT2D eigenvalue weighted by molar-refractivity contribution is 0.0788. The van der Waals surface area contributed by atoms with Crippen molar-refractivity contribution in [3.05, 3.63) is 70.3 Å². The van der Waals surface area contributed by atoms with E-state index in [2.05, 4.69) is 16.9 Å². The Labute approximate surface area is 197 Å². The molecule has 170 valence electrons. The van der Waals surface area contributed by atoms with Gasteiger partial charge in [0.05, 0.1) is 5.69 Å². The summed E-state index contributed by atoms with van der Waals surface area (Å²) in [5.41, 5.74) is 6.02. The number of aliphatic imine (C=N–C) groups is 2. The highest BCUT2D eigenvalue weighted by Gasteiger charge is 2.25. The third kappa shape index (κ3) is 7.45. The molecule has 1 saturated heterocycles. The van der Waals surface area contributed by atoms with Crippen LogP contribution in [0.4, 0.5) is 5.69 Å². The highest BCUT2D eigenvalue weighted by molar-refractivity contribution is 6.30. The number of allylic oxidation sites excluding steroid dienone is 2. The molecule has 2 aromatic rings. The van der Waals surface area contributed by atoms with Crippen LogP contribution in [-0.2, 0) is 0 Å². The minimum atomic E-state index is 0.145. The van der Waals surface area contributed by atoms with Gasteiger partial charge in [0, 0.05) is 42.6 Å². The first kappa shape index (κ1) is 25.5. The molecule has 0 radical (unpaired) electrons. The van der Waals surface area contributed by atoms with Gasteiger partial charge in [0.15, 0.2) is 0 Å². The molecule has 0 saturated carbocycles. The molecule has 32 heavy (non-hydrogen) atoms. The number of nitrogens with zero attached hydrogens (tertiary/aromatic N) is 3. The van der Waals surface area contributed by atoms with Crippen LogP contribution in [0.2, 0.25) is 5.02 Å². The lowest BCUT2D eigenvalue weighted by Crippen LogP contribution is -2.29. The molecule has 1 amide bonds. The normalized spacial score (nSPS) is 16.0. The summed E-state index contributed by atoms with van der Waals surface area (Å²) in [5.74, 6) is 0.751. The Morgan fingerprint density at radius 2 is 1.81 bits per heavy atom. The van der Waals surface area contributed by atoms with E-state index in [0.717, 1.165) is 58.2 Å². The van der Waals surface area contributed by atoms with E-state index in [1.165, 1.54) is 0 Å². The van der Waals surface area contributed by atoms with Gasteiger partial charge in [-0.05, 0) is 87.1 Å². The van der Waals surface area contributed by atoms with Crippen LogP contribution in [0.3, 0.4) is 0 Å². The van der Waals surface area contributed by atoms with Gasteiger partial charge in [-0.3, -0.25) is 14.8 Å². The molecule has 0 bridgehead atoms. The number of carbonyl (C=O) groups is 1. The summed E-state index contributed by atoms with van der Waals surface area (Å²) in [6.07, 6.45) is 4.80. The Kier molecular flexibility index (Phi) is 9.86. The average Bonchev–Trinajstić information content (AvgIpc) is 3.20. The number of halogens is 1. The second-order valence-corrected chi connectivity index (χ2v) is 8.87. The third-order valence-corrected chi connectivity index (χ3v) is 5.51. The quantitative estimate of drug-likeness (QED) is 0.460. The molecule has 5 heteroatoms. The summed E-state index contributed by atoms with van der Waals surface area (Å²) in [6.45, 7) is 11.9. The van der Waals surface area contributed by atoms with E-state index in [9.17, 15) is 4.79 Å². The average molecular weight is 452 g/mol. The fourth-order valence-electron chi connectivity index (χ4n) is 3.56. The van der Waals surface area contributed by atoms with Crippen LogP contribution in [0, 0.1) is 12.8 Å². The minimum Gasteiger partial charge on any atom is -0.338 e. The predicted molar refractivity (Wildman–Crippen MR) is 139 cm³/mol. The van der Waals surface area contributed by atoms with Crippen LogP contribution in [0.5, 0.6) is 0 Å². The summed E-state index contributed by atoms with van der Waals surface area (Å²) in [7, 11) is 1.74. The number of hydrogen-bond donors (Lipinski definition) is 0. The van der Waals surface area contributed by atoms with Gasteiger partial charge in [-0.15, -0.1) is 0 Å². The highest BCUT2D eigenvalue weighted by atomic mass is 35.5. The zero-order valence-corrected chi connectivity index (χ0v) is 20.8. The Morgan fingerprint density at radius 1 is 1.12 bits per heavy atom. The molecular weight excluding hydrogens is 418 g/mol. The van der Waals surface area contributed by atoms with Gasteiger partial charge in [0.25, 0.3) is 5.91 Å². The standard InChI is InChI=1S/C17H22N2O.C10H12ClN/c1-13-9-11-19(12-13)17(20)16-7-5-4-6-15(16)14(2)8-10-18-3;1-7(2)12-10-5-4-9(11)6-8(10)3/h4-8,10,13H,9,11-12H2,1-3H3;4-6H,1-3H3/b14-8+,18-10?;. The van der Waals surface area contributed by atoms with Crippen molar-refractivity contribution in [2.24, 2.45) is 15.9 Å². The van der Waals surface area contributed by atoms with E-state index < -0.39 is 0 Å². The van der Waals surface area contributed by atoms with Gasteiger partial charge in [-0.1, -0.05) is 36.7 Å². The van der Waals surface area contributed by atoms with Crippen molar-refractivity contribution in [1.82, 2.24) is 4.90 Å². The van der Waals surface area contributed by atoms with Gasteiger partial charge in [-0.25, -0.2) is 0 Å². The summed E-state index contributed by atoms with van der Waals surface area (Å²) >= 11 is 5.81. The van der Waals surface area contributed by atoms with Crippen LogP contribution >= 0.6 is 11.6 Å². The summed E-state index contributed by atoms with van der Waals surface area (Å²) in [6, 6.07) is 13.5. The van der Waals surface area contributed by atoms with Crippen LogP contribution < -0.4 is 0 Å². The van der Waals surface area contributed by atoms with Crippen LogP contribution in [0.25, 0.3) is 5.57 Å². The summed E-state index contributed by atoms with van der Waals surface area (Å²) < 4.78 is 0. The first-order chi connectivity index (χ1) is 15.2. The fourth-order valence-corrected chi connectivity index (χ4v) is 3.79. The molecule has 2 aromatic carbocycles. The molecule has 1 heterocycles. The largest absolute Gasteiger partial charge is 0.338 e. The van der Waals surface area contributed by atoms with Crippen molar-refractivity contribution in [3.63, 3.8) is 0 Å². The zero-order chi connectivity index (χ0) is 23.7. The van der Waals surface area contributed by atoms with Gasteiger partial charge in [-0.2, -0.15) is 0 Å². The van der Waals surface area contributed by atoms with E-state index in [0.29, 0.717) is 5.92 Å². The lowest BCUT2D eigenvalue weighted by Gasteiger charge is -2.18. The zero-order valence-electron chi connectivity index (χ0n) is 20.0. The van der Waals surface area contributed by atoms with Crippen molar-refractivity contribution in [3.8, 4) is 0 Å². The van der Waals surface area contributed by atoms with Gasteiger partial charge < -0.3 is 4.90 Å².